The first-order valence-corrected chi connectivity index (χ1v) is 13.2. The number of anilines is 1. The molecule has 0 aliphatic heterocycles. The number of carboxylic acids is 1. The van der Waals surface area contributed by atoms with Gasteiger partial charge in [0.1, 0.15) is 16.6 Å². The Kier molecular flexibility index (Phi) is 6.90. The van der Waals surface area contributed by atoms with Crippen LogP contribution in [0.4, 0.5) is 10.1 Å². The summed E-state index contributed by atoms with van der Waals surface area (Å²) < 4.78 is 47.2. The molecule has 34 heavy (non-hydrogen) atoms. The lowest BCUT2D eigenvalue weighted by Gasteiger charge is -2.26. The van der Waals surface area contributed by atoms with Gasteiger partial charge in [0, 0.05) is 11.6 Å². The number of halogens is 1. The molecule has 2 aromatic carbocycles. The van der Waals surface area contributed by atoms with E-state index in [1.165, 1.54) is 44.6 Å². The fraction of sp³-hybridized carbons (Fsp3) is 0.333. The molecule has 2 N–H and O–H groups in total. The molecule has 1 aromatic heterocycles. The summed E-state index contributed by atoms with van der Waals surface area (Å²) in [6, 6.07) is 9.80. The second-order valence-corrected chi connectivity index (χ2v) is 11.4. The number of rotatable bonds is 7. The molecule has 0 unspecified atom stereocenters. The van der Waals surface area contributed by atoms with Crippen LogP contribution in [-0.4, -0.2) is 31.6 Å². The number of aromatic carboxylic acids is 1. The molecule has 4 rings (SSSR count). The number of sulfonamides is 1. The number of methoxy groups -OCH3 is 1. The minimum atomic E-state index is -4.10. The van der Waals surface area contributed by atoms with Gasteiger partial charge in [-0.25, -0.2) is 22.6 Å². The largest absolute Gasteiger partial charge is 0.495 e. The van der Waals surface area contributed by atoms with Crippen molar-refractivity contribution < 1.29 is 27.4 Å². The van der Waals surface area contributed by atoms with Crippen molar-refractivity contribution >= 4 is 33.0 Å². The molecular weight excluding hydrogens is 479 g/mol. The highest BCUT2D eigenvalue weighted by Crippen LogP contribution is 2.37. The first-order chi connectivity index (χ1) is 16.2. The molecule has 1 heterocycles. The van der Waals surface area contributed by atoms with E-state index in [1.54, 1.807) is 0 Å². The maximum Gasteiger partial charge on any atom is 0.338 e. The van der Waals surface area contributed by atoms with Crippen LogP contribution in [0, 0.1) is 11.7 Å². The maximum atomic E-state index is 14.1. The van der Waals surface area contributed by atoms with E-state index in [4.69, 9.17) is 9.84 Å². The summed E-state index contributed by atoms with van der Waals surface area (Å²) in [5.74, 6) is -1.33. The summed E-state index contributed by atoms with van der Waals surface area (Å²) in [6.07, 6.45) is 6.08. The predicted octanol–water partition coefficient (Wildman–Crippen LogP) is 5.75. The zero-order chi connectivity index (χ0) is 24.5. The van der Waals surface area contributed by atoms with Crippen LogP contribution in [-0.2, 0) is 10.0 Å². The van der Waals surface area contributed by atoms with Crippen molar-refractivity contribution in [2.45, 2.75) is 42.7 Å². The van der Waals surface area contributed by atoms with Crippen molar-refractivity contribution in [3.63, 3.8) is 0 Å². The van der Waals surface area contributed by atoms with Crippen molar-refractivity contribution in [2.75, 3.05) is 11.8 Å². The Morgan fingerprint density at radius 2 is 1.85 bits per heavy atom. The van der Waals surface area contributed by atoms with Gasteiger partial charge in [0.05, 0.1) is 24.6 Å². The molecule has 0 atom stereocenters. The summed E-state index contributed by atoms with van der Waals surface area (Å²) >= 11 is 0.989. The van der Waals surface area contributed by atoms with Gasteiger partial charge in [0.25, 0.3) is 10.0 Å². The molecule has 180 valence electrons. The summed E-state index contributed by atoms with van der Waals surface area (Å²) in [5, 5.41) is 9.60. The molecule has 10 heteroatoms. The number of carbonyl (C=O) groups is 1. The standard InChI is InChI=1S/C24H25FN2O5S2/c1-14-3-5-15(6-4-14)16-7-9-17(10-8-16)23-26-13-22(33-23)34(30,31)27-20-12-19(25)18(24(28)29)11-21(20)32-2/h7-15,27H,3-6H2,1-2H3,(H,28,29). The van der Waals surface area contributed by atoms with Crippen molar-refractivity contribution in [1.29, 1.82) is 0 Å². The Labute approximate surface area is 201 Å². The van der Waals surface area contributed by atoms with Gasteiger partial charge in [-0.2, -0.15) is 0 Å². The summed E-state index contributed by atoms with van der Waals surface area (Å²) in [5.41, 5.74) is 1.28. The number of aromatic nitrogens is 1. The Bertz CT molecular complexity index is 1300. The molecular formula is C24H25FN2O5S2. The van der Waals surface area contributed by atoms with Crippen molar-refractivity contribution in [3.8, 4) is 16.3 Å². The van der Waals surface area contributed by atoms with Crippen LogP contribution in [0.3, 0.4) is 0 Å². The molecule has 0 bridgehead atoms. The van der Waals surface area contributed by atoms with Crippen LogP contribution in [0.15, 0.2) is 46.8 Å². The van der Waals surface area contributed by atoms with E-state index >= 15 is 0 Å². The molecule has 0 saturated heterocycles. The zero-order valence-electron chi connectivity index (χ0n) is 18.7. The average molecular weight is 505 g/mol. The summed E-state index contributed by atoms with van der Waals surface area (Å²) in [6.45, 7) is 2.29. The number of nitrogens with one attached hydrogen (secondary N) is 1. The van der Waals surface area contributed by atoms with Crippen molar-refractivity contribution in [2.24, 2.45) is 5.92 Å². The number of carboxylic acid groups (broad SMARTS) is 1. The molecule has 1 aliphatic carbocycles. The van der Waals surface area contributed by atoms with Gasteiger partial charge in [-0.1, -0.05) is 44.0 Å². The smallest absolute Gasteiger partial charge is 0.338 e. The molecule has 3 aromatic rings. The van der Waals surface area contributed by atoms with Crippen LogP contribution in [0.25, 0.3) is 10.6 Å². The molecule has 0 radical (unpaired) electrons. The van der Waals surface area contributed by atoms with Gasteiger partial charge in [0.2, 0.25) is 0 Å². The molecule has 1 fully saturated rings. The molecule has 7 nitrogen and oxygen atoms in total. The van der Waals surface area contributed by atoms with Crippen LogP contribution in [0.5, 0.6) is 5.75 Å². The molecule has 0 amide bonds. The van der Waals surface area contributed by atoms with Gasteiger partial charge in [-0.05, 0) is 36.3 Å². The number of nitrogens with zero attached hydrogens (tertiary/aromatic N) is 1. The monoisotopic (exact) mass is 504 g/mol. The molecule has 1 saturated carbocycles. The third-order valence-electron chi connectivity index (χ3n) is 6.16. The van der Waals surface area contributed by atoms with E-state index < -0.39 is 27.4 Å². The van der Waals surface area contributed by atoms with Crippen LogP contribution < -0.4 is 9.46 Å². The number of ether oxygens (including phenoxy) is 1. The van der Waals surface area contributed by atoms with E-state index in [1.807, 2.05) is 12.1 Å². The lowest BCUT2D eigenvalue weighted by molar-refractivity contribution is 0.0691. The average Bonchev–Trinajstić information content (AvgIpc) is 3.31. The van der Waals surface area contributed by atoms with E-state index in [9.17, 15) is 17.6 Å². The Balaban J connectivity index is 1.53. The fourth-order valence-corrected chi connectivity index (χ4v) is 6.37. The third kappa shape index (κ3) is 5.07. The Morgan fingerprint density at radius 3 is 2.47 bits per heavy atom. The normalized spacial score (nSPS) is 18.4. The minimum absolute atomic E-state index is 0.0578. The predicted molar refractivity (Wildman–Crippen MR) is 129 cm³/mol. The van der Waals surface area contributed by atoms with Gasteiger partial charge < -0.3 is 9.84 Å². The SMILES string of the molecule is COc1cc(C(=O)O)c(F)cc1NS(=O)(=O)c1cnc(-c2ccc(C3CCC(C)CC3)cc2)s1. The molecule has 0 spiro atoms. The summed E-state index contributed by atoms with van der Waals surface area (Å²) in [4.78, 5) is 15.4. The van der Waals surface area contributed by atoms with E-state index in [-0.39, 0.29) is 15.6 Å². The third-order valence-corrected chi connectivity index (χ3v) is 9.03. The lowest BCUT2D eigenvalue weighted by atomic mass is 9.79. The molecule has 1 aliphatic rings. The van der Waals surface area contributed by atoms with Gasteiger partial charge >= 0.3 is 5.97 Å². The lowest BCUT2D eigenvalue weighted by Crippen LogP contribution is -2.13. The highest BCUT2D eigenvalue weighted by molar-refractivity contribution is 7.94. The second-order valence-electron chi connectivity index (χ2n) is 8.51. The van der Waals surface area contributed by atoms with E-state index in [2.05, 4.69) is 28.8 Å². The number of hydrogen-bond acceptors (Lipinski definition) is 6. The highest BCUT2D eigenvalue weighted by Gasteiger charge is 2.24. The fourth-order valence-electron chi connectivity index (χ4n) is 4.17. The van der Waals surface area contributed by atoms with Crippen LogP contribution >= 0.6 is 11.3 Å². The zero-order valence-corrected chi connectivity index (χ0v) is 20.4. The van der Waals surface area contributed by atoms with Crippen LogP contribution in [0.2, 0.25) is 0 Å². The maximum absolute atomic E-state index is 14.1. The number of benzene rings is 2. The Morgan fingerprint density at radius 1 is 1.18 bits per heavy atom. The van der Waals surface area contributed by atoms with E-state index in [0.29, 0.717) is 10.9 Å². The van der Waals surface area contributed by atoms with Crippen LogP contribution in [0.1, 0.15) is 54.4 Å². The highest BCUT2D eigenvalue weighted by atomic mass is 32.2. The van der Waals surface area contributed by atoms with Gasteiger partial charge in [-0.15, -0.1) is 11.3 Å². The van der Waals surface area contributed by atoms with Crippen molar-refractivity contribution in [3.05, 3.63) is 59.5 Å². The van der Waals surface area contributed by atoms with Gasteiger partial charge in [0.15, 0.2) is 4.21 Å². The number of hydrogen-bond donors (Lipinski definition) is 2. The van der Waals surface area contributed by atoms with Gasteiger partial charge in [-0.3, -0.25) is 4.72 Å². The first-order valence-electron chi connectivity index (χ1n) is 10.9. The number of thiazole rings is 1. The van der Waals surface area contributed by atoms with Crippen molar-refractivity contribution in [1.82, 2.24) is 4.98 Å². The first kappa shape index (κ1) is 24.2. The quantitative estimate of drug-likeness (QED) is 0.424. The Hall–Kier alpha value is -2.98. The minimum Gasteiger partial charge on any atom is -0.495 e. The topological polar surface area (TPSA) is 106 Å². The second kappa shape index (κ2) is 9.71. The summed E-state index contributed by atoms with van der Waals surface area (Å²) in [7, 11) is -2.87. The van der Waals surface area contributed by atoms with E-state index in [0.717, 1.165) is 35.0 Å².